The molecule has 2 N–H and O–H groups in total. The summed E-state index contributed by atoms with van der Waals surface area (Å²) >= 11 is 0. The van der Waals surface area contributed by atoms with E-state index < -0.39 is 11.6 Å². The van der Waals surface area contributed by atoms with Crippen LogP contribution in [0.25, 0.3) is 0 Å². The van der Waals surface area contributed by atoms with Gasteiger partial charge in [-0.05, 0) is 6.42 Å². The number of phenols is 2. The number of fused-ring (bicyclic) bond motifs is 4. The number of benzene rings is 2. The Hall–Kier alpha value is -2.66. The molecule has 1 fully saturated rings. The Labute approximate surface area is 143 Å². The number of aromatic hydroxyl groups is 2. The molecule has 0 spiro atoms. The summed E-state index contributed by atoms with van der Waals surface area (Å²) in [5, 5.41) is 21.6. The van der Waals surface area contributed by atoms with Crippen LogP contribution in [0.5, 0.6) is 11.5 Å². The lowest BCUT2D eigenvalue weighted by atomic mass is 9.75. The van der Waals surface area contributed by atoms with Gasteiger partial charge in [-0.15, -0.1) is 0 Å². The van der Waals surface area contributed by atoms with Crippen molar-refractivity contribution in [3.05, 3.63) is 57.6 Å². The van der Waals surface area contributed by atoms with Crippen LogP contribution in [0.1, 0.15) is 56.3 Å². The van der Waals surface area contributed by atoms with E-state index in [0.29, 0.717) is 24.0 Å². The van der Waals surface area contributed by atoms with Gasteiger partial charge in [-0.2, -0.15) is 0 Å². The standard InChI is InChI=1S/C20H16O5/c1-2-20-8-12-11(7-13(20)25-20)18(23)14-15(19(12)24)17(22)10-6-4-3-5-9(10)16(14)21/h3-6,13,23-24H,2,7-8H2,1H3. The Morgan fingerprint density at radius 1 is 1.04 bits per heavy atom. The van der Waals surface area contributed by atoms with Gasteiger partial charge in [-0.25, -0.2) is 0 Å². The molecule has 2 atom stereocenters. The molecular formula is C20H16O5. The Morgan fingerprint density at radius 3 is 2.16 bits per heavy atom. The normalized spacial score (nSPS) is 25.7. The molecule has 25 heavy (non-hydrogen) atoms. The van der Waals surface area contributed by atoms with Crippen molar-refractivity contribution in [1.29, 1.82) is 0 Å². The highest BCUT2D eigenvalue weighted by molar-refractivity contribution is 6.30. The van der Waals surface area contributed by atoms with Crippen molar-refractivity contribution in [1.82, 2.24) is 0 Å². The summed E-state index contributed by atoms with van der Waals surface area (Å²) in [7, 11) is 0. The quantitative estimate of drug-likeness (QED) is 0.527. The van der Waals surface area contributed by atoms with Gasteiger partial charge in [-0.1, -0.05) is 31.2 Å². The summed E-state index contributed by atoms with van der Waals surface area (Å²) in [6.45, 7) is 2.02. The fraction of sp³-hybridized carbons (Fsp3) is 0.300. The Balaban J connectivity index is 1.79. The largest absolute Gasteiger partial charge is 0.507 e. The highest BCUT2D eigenvalue weighted by atomic mass is 16.6. The molecule has 5 nitrogen and oxygen atoms in total. The first-order valence-electron chi connectivity index (χ1n) is 8.44. The van der Waals surface area contributed by atoms with Crippen molar-refractivity contribution in [3.63, 3.8) is 0 Å². The number of rotatable bonds is 1. The van der Waals surface area contributed by atoms with Gasteiger partial charge < -0.3 is 14.9 Å². The van der Waals surface area contributed by atoms with E-state index in [1.54, 1.807) is 24.3 Å². The number of carbonyl (C=O) groups excluding carboxylic acids is 2. The van der Waals surface area contributed by atoms with Crippen LogP contribution in [-0.4, -0.2) is 33.5 Å². The third kappa shape index (κ3) is 1.66. The molecule has 126 valence electrons. The molecule has 1 heterocycles. The van der Waals surface area contributed by atoms with Crippen molar-refractivity contribution >= 4 is 11.6 Å². The smallest absolute Gasteiger partial charge is 0.198 e. The molecule has 2 aliphatic carbocycles. The summed E-state index contributed by atoms with van der Waals surface area (Å²) in [6.07, 6.45) is 1.68. The molecule has 0 saturated carbocycles. The summed E-state index contributed by atoms with van der Waals surface area (Å²) in [5.74, 6) is -1.22. The van der Waals surface area contributed by atoms with E-state index in [2.05, 4.69) is 0 Å². The van der Waals surface area contributed by atoms with Gasteiger partial charge in [0.05, 0.1) is 22.8 Å². The van der Waals surface area contributed by atoms with E-state index in [4.69, 9.17) is 4.74 Å². The predicted octanol–water partition coefficient (Wildman–Crippen LogP) is 2.52. The zero-order valence-electron chi connectivity index (χ0n) is 13.6. The van der Waals surface area contributed by atoms with E-state index >= 15 is 0 Å². The minimum atomic E-state index is -0.426. The van der Waals surface area contributed by atoms with Crippen molar-refractivity contribution in [3.8, 4) is 11.5 Å². The third-order valence-electron chi connectivity index (χ3n) is 5.90. The Kier molecular flexibility index (Phi) is 2.63. The van der Waals surface area contributed by atoms with Gasteiger partial charge >= 0.3 is 0 Å². The van der Waals surface area contributed by atoms with Gasteiger partial charge in [0.2, 0.25) is 0 Å². The number of ether oxygens (including phenoxy) is 1. The maximum absolute atomic E-state index is 12.9. The van der Waals surface area contributed by atoms with Crippen molar-refractivity contribution in [2.24, 2.45) is 0 Å². The maximum atomic E-state index is 12.9. The van der Waals surface area contributed by atoms with Gasteiger partial charge in [0.25, 0.3) is 0 Å². The van der Waals surface area contributed by atoms with E-state index in [1.165, 1.54) is 0 Å². The number of hydrogen-bond donors (Lipinski definition) is 2. The number of carbonyl (C=O) groups is 2. The number of ketones is 2. The minimum absolute atomic E-state index is 0.00460. The third-order valence-corrected chi connectivity index (χ3v) is 5.90. The SMILES string of the molecule is CCC12Cc3c(O)c4c(c(O)c3CC1O2)C(=O)c1ccccc1C4=O. The van der Waals surface area contributed by atoms with E-state index in [-0.39, 0.29) is 45.5 Å². The van der Waals surface area contributed by atoms with E-state index in [9.17, 15) is 19.8 Å². The molecule has 0 aromatic heterocycles. The van der Waals surface area contributed by atoms with Gasteiger partial charge in [0, 0.05) is 35.1 Å². The first-order valence-corrected chi connectivity index (χ1v) is 8.44. The number of phenolic OH excluding ortho intramolecular Hbond substituents is 2. The van der Waals surface area contributed by atoms with Crippen LogP contribution in [-0.2, 0) is 17.6 Å². The molecule has 5 rings (SSSR count). The van der Waals surface area contributed by atoms with Crippen LogP contribution >= 0.6 is 0 Å². The van der Waals surface area contributed by atoms with Crippen LogP contribution in [0, 0.1) is 0 Å². The zero-order chi connectivity index (χ0) is 17.5. The predicted molar refractivity (Wildman–Crippen MR) is 88.4 cm³/mol. The average Bonchev–Trinajstić information content (AvgIpc) is 3.35. The Morgan fingerprint density at radius 2 is 1.60 bits per heavy atom. The second-order valence-corrected chi connectivity index (χ2v) is 7.01. The van der Waals surface area contributed by atoms with Crippen molar-refractivity contribution in [2.45, 2.75) is 37.9 Å². The van der Waals surface area contributed by atoms with Crippen molar-refractivity contribution < 1.29 is 24.5 Å². The van der Waals surface area contributed by atoms with Crippen LogP contribution < -0.4 is 0 Å². The zero-order valence-corrected chi connectivity index (χ0v) is 13.6. The molecule has 3 aliphatic rings. The van der Waals surface area contributed by atoms with E-state index in [0.717, 1.165) is 6.42 Å². The van der Waals surface area contributed by atoms with Crippen LogP contribution in [0.15, 0.2) is 24.3 Å². The summed E-state index contributed by atoms with van der Waals surface area (Å²) in [6, 6.07) is 6.50. The average molecular weight is 336 g/mol. The van der Waals surface area contributed by atoms with Gasteiger partial charge in [-0.3, -0.25) is 9.59 Å². The monoisotopic (exact) mass is 336 g/mol. The first kappa shape index (κ1) is 14.7. The molecule has 2 aromatic rings. The fourth-order valence-electron chi connectivity index (χ4n) is 4.38. The second-order valence-electron chi connectivity index (χ2n) is 7.01. The highest BCUT2D eigenvalue weighted by Gasteiger charge is 2.58. The molecule has 0 amide bonds. The maximum Gasteiger partial charge on any atom is 0.198 e. The molecule has 1 saturated heterocycles. The summed E-state index contributed by atoms with van der Waals surface area (Å²) in [5.41, 5.74) is 1.11. The topological polar surface area (TPSA) is 87.1 Å². The Bertz CT molecular complexity index is 990. The van der Waals surface area contributed by atoms with Gasteiger partial charge in [0.1, 0.15) is 11.5 Å². The number of epoxide rings is 1. The lowest BCUT2D eigenvalue weighted by Gasteiger charge is -2.27. The van der Waals surface area contributed by atoms with Crippen LogP contribution in [0.2, 0.25) is 0 Å². The molecule has 1 aliphatic heterocycles. The molecule has 0 radical (unpaired) electrons. The minimum Gasteiger partial charge on any atom is -0.507 e. The van der Waals surface area contributed by atoms with Crippen LogP contribution in [0.4, 0.5) is 0 Å². The van der Waals surface area contributed by atoms with Gasteiger partial charge in [0.15, 0.2) is 11.6 Å². The summed E-state index contributed by atoms with van der Waals surface area (Å²) < 4.78 is 5.79. The van der Waals surface area contributed by atoms with Crippen molar-refractivity contribution in [2.75, 3.05) is 0 Å². The first-order chi connectivity index (χ1) is 12.0. The molecule has 0 bridgehead atoms. The molecular weight excluding hydrogens is 320 g/mol. The molecule has 2 aromatic carbocycles. The van der Waals surface area contributed by atoms with E-state index in [1.807, 2.05) is 6.92 Å². The lowest BCUT2D eigenvalue weighted by Crippen LogP contribution is -2.28. The highest BCUT2D eigenvalue weighted by Crippen LogP contribution is 2.54. The molecule has 5 heteroatoms. The lowest BCUT2D eigenvalue weighted by molar-refractivity contribution is 0.0973. The molecule has 2 unspecified atom stereocenters. The van der Waals surface area contributed by atoms with Crippen LogP contribution in [0.3, 0.4) is 0 Å². The second kappa shape index (κ2) is 4.49. The number of hydrogen-bond acceptors (Lipinski definition) is 5. The fourth-order valence-corrected chi connectivity index (χ4v) is 4.38. The summed E-state index contributed by atoms with van der Waals surface area (Å²) in [4.78, 5) is 25.8.